The number of carbonyl (C=O) groups excluding carboxylic acids is 1. The van der Waals surface area contributed by atoms with E-state index in [1.807, 2.05) is 6.07 Å². The topological polar surface area (TPSA) is 109 Å². The van der Waals surface area contributed by atoms with Crippen molar-refractivity contribution in [2.75, 3.05) is 12.4 Å². The van der Waals surface area contributed by atoms with Gasteiger partial charge in [0.05, 0.1) is 30.6 Å². The lowest BCUT2D eigenvalue weighted by molar-refractivity contribution is -0.689. The number of methoxy groups -OCH3 is 1. The van der Waals surface area contributed by atoms with Crippen molar-refractivity contribution < 1.29 is 40.2 Å². The monoisotopic (exact) mass is 598 g/mol. The Labute approximate surface area is 233 Å². The summed E-state index contributed by atoms with van der Waals surface area (Å²) in [7, 11) is -4.63. The SMILES string of the molecule is COC(=O)CC1Cn2cccc2-c2c(NC(C)(C)C)n3c(-c4ccccc4)c(C)sc3[n+]21.O=S(=O)([O-])C(F)(F)F. The highest BCUT2D eigenvalue weighted by atomic mass is 32.2. The predicted molar refractivity (Wildman–Crippen MR) is 144 cm³/mol. The molecule has 0 bridgehead atoms. The number of thiazole rings is 1. The average molecular weight is 599 g/mol. The van der Waals surface area contributed by atoms with Gasteiger partial charge in [0.2, 0.25) is 5.69 Å². The molecule has 40 heavy (non-hydrogen) atoms. The van der Waals surface area contributed by atoms with E-state index in [0.29, 0.717) is 6.42 Å². The first-order valence-electron chi connectivity index (χ1n) is 12.2. The molecule has 0 amide bonds. The van der Waals surface area contributed by atoms with Crippen molar-refractivity contribution in [3.05, 3.63) is 53.5 Å². The maximum absolute atomic E-state index is 12.3. The number of ether oxygens (including phenoxy) is 1. The zero-order chi connectivity index (χ0) is 29.6. The van der Waals surface area contributed by atoms with E-state index >= 15 is 0 Å². The lowest BCUT2D eigenvalue weighted by atomic mass is 10.1. The van der Waals surface area contributed by atoms with Crippen LogP contribution in [0.25, 0.3) is 27.6 Å². The van der Waals surface area contributed by atoms with Gasteiger partial charge < -0.3 is 19.2 Å². The lowest BCUT2D eigenvalue weighted by Gasteiger charge is -2.24. The third-order valence-electron chi connectivity index (χ3n) is 6.19. The first-order valence-corrected chi connectivity index (χ1v) is 14.4. The van der Waals surface area contributed by atoms with E-state index in [-0.39, 0.29) is 17.6 Å². The highest BCUT2D eigenvalue weighted by Gasteiger charge is 2.42. The van der Waals surface area contributed by atoms with E-state index in [0.717, 1.165) is 28.7 Å². The van der Waals surface area contributed by atoms with Gasteiger partial charge in [0.15, 0.2) is 15.8 Å². The van der Waals surface area contributed by atoms with E-state index in [9.17, 15) is 18.0 Å². The number of rotatable bonds is 4. The minimum atomic E-state index is -6.09. The zero-order valence-corrected chi connectivity index (χ0v) is 24.1. The van der Waals surface area contributed by atoms with Crippen molar-refractivity contribution in [1.82, 2.24) is 8.97 Å². The van der Waals surface area contributed by atoms with Crippen LogP contribution in [0.2, 0.25) is 0 Å². The number of aromatic nitrogens is 3. The minimum absolute atomic E-state index is 0.0236. The highest BCUT2D eigenvalue weighted by molar-refractivity contribution is 7.86. The molecule has 3 aromatic heterocycles. The summed E-state index contributed by atoms with van der Waals surface area (Å²) in [5, 5.41) is 3.79. The number of hydrogen-bond donors (Lipinski definition) is 1. The van der Waals surface area contributed by atoms with Gasteiger partial charge in [-0.25, -0.2) is 13.0 Å². The Morgan fingerprint density at radius 1 is 1.18 bits per heavy atom. The van der Waals surface area contributed by atoms with Crippen molar-refractivity contribution in [2.45, 2.75) is 57.7 Å². The number of fused-ring (bicyclic) bond motifs is 5. The second kappa shape index (κ2) is 10.6. The van der Waals surface area contributed by atoms with E-state index < -0.39 is 15.6 Å². The lowest BCUT2D eigenvalue weighted by Crippen LogP contribution is -2.47. The average Bonchev–Trinajstić information content (AvgIpc) is 3.51. The molecule has 0 spiro atoms. The van der Waals surface area contributed by atoms with E-state index in [2.05, 4.69) is 89.1 Å². The van der Waals surface area contributed by atoms with Gasteiger partial charge in [-0.3, -0.25) is 4.79 Å². The molecule has 0 aliphatic carbocycles. The van der Waals surface area contributed by atoms with Crippen molar-refractivity contribution in [1.29, 1.82) is 0 Å². The number of hydrogen-bond acceptors (Lipinski definition) is 7. The fourth-order valence-electron chi connectivity index (χ4n) is 4.67. The molecule has 0 saturated heterocycles. The molecule has 0 fully saturated rings. The molecule has 1 aliphatic heterocycles. The number of nitrogens with one attached hydrogen (secondary N) is 1. The Hall–Kier alpha value is -3.36. The molecule has 1 unspecified atom stereocenters. The van der Waals surface area contributed by atoms with Crippen molar-refractivity contribution >= 4 is 38.2 Å². The normalized spacial score (nSPS) is 15.2. The molecule has 9 nitrogen and oxygen atoms in total. The maximum Gasteiger partial charge on any atom is 0.485 e. The predicted octanol–water partition coefficient (Wildman–Crippen LogP) is 5.11. The molecule has 1 aromatic carbocycles. The van der Waals surface area contributed by atoms with Gasteiger partial charge in [0.1, 0.15) is 6.04 Å². The Balaban J connectivity index is 0.000000406. The Morgan fingerprint density at radius 2 is 1.80 bits per heavy atom. The van der Waals surface area contributed by atoms with E-state index in [1.165, 1.54) is 23.2 Å². The number of anilines is 1. The summed E-state index contributed by atoms with van der Waals surface area (Å²) in [6, 6.07) is 14.7. The van der Waals surface area contributed by atoms with Crippen LogP contribution in [0, 0.1) is 6.92 Å². The summed E-state index contributed by atoms with van der Waals surface area (Å²) >= 11 is 1.78. The summed E-state index contributed by atoms with van der Waals surface area (Å²) in [6.07, 6.45) is 2.43. The van der Waals surface area contributed by atoms with Crippen LogP contribution in [0.1, 0.15) is 38.1 Å². The minimum Gasteiger partial charge on any atom is -0.741 e. The summed E-state index contributed by atoms with van der Waals surface area (Å²) in [4.78, 5) is 14.7. The Bertz CT molecular complexity index is 1650. The van der Waals surface area contributed by atoms with E-state index in [1.54, 1.807) is 11.3 Å². The fraction of sp³-hybridized carbons (Fsp3) is 0.385. The van der Waals surface area contributed by atoms with Crippen LogP contribution < -0.4 is 9.88 Å². The summed E-state index contributed by atoms with van der Waals surface area (Å²) in [5.41, 5.74) is -1.14. The number of alkyl halides is 3. The van der Waals surface area contributed by atoms with Gasteiger partial charge in [-0.15, -0.1) is 0 Å². The molecule has 216 valence electrons. The van der Waals surface area contributed by atoms with Crippen LogP contribution in [0.3, 0.4) is 0 Å². The van der Waals surface area contributed by atoms with Crippen LogP contribution in [0.5, 0.6) is 0 Å². The third-order valence-corrected chi connectivity index (χ3v) is 7.81. The van der Waals surface area contributed by atoms with Crippen molar-refractivity contribution in [3.8, 4) is 22.6 Å². The number of carbonyl (C=O) groups is 1. The molecule has 0 radical (unpaired) electrons. The summed E-state index contributed by atoms with van der Waals surface area (Å²) < 4.78 is 70.9. The fourth-order valence-corrected chi connectivity index (χ4v) is 5.87. The van der Waals surface area contributed by atoms with Crippen LogP contribution >= 0.6 is 11.3 Å². The summed E-state index contributed by atoms with van der Waals surface area (Å²) in [6.45, 7) is 9.45. The molecular formula is C26H29F3N4O5S2. The first kappa shape index (κ1) is 29.6. The quantitative estimate of drug-likeness (QED) is 0.151. The molecular weight excluding hydrogens is 569 g/mol. The number of esters is 1. The van der Waals surface area contributed by atoms with Crippen LogP contribution in [0.4, 0.5) is 19.0 Å². The largest absolute Gasteiger partial charge is 0.741 e. The number of benzene rings is 1. The van der Waals surface area contributed by atoms with Crippen molar-refractivity contribution in [2.24, 2.45) is 0 Å². The molecule has 1 N–H and O–H groups in total. The van der Waals surface area contributed by atoms with E-state index in [4.69, 9.17) is 17.7 Å². The number of halogens is 3. The summed E-state index contributed by atoms with van der Waals surface area (Å²) in [5.74, 6) is 0.871. The smallest absolute Gasteiger partial charge is 0.485 e. The van der Waals surface area contributed by atoms with Gasteiger partial charge in [0, 0.05) is 17.3 Å². The number of imidazole rings is 1. The molecule has 1 aliphatic rings. The van der Waals surface area contributed by atoms with Gasteiger partial charge in [-0.2, -0.15) is 17.6 Å². The molecule has 14 heteroatoms. The molecule has 5 rings (SSSR count). The van der Waals surface area contributed by atoms with Gasteiger partial charge in [-0.05, 0) is 39.8 Å². The second-order valence-corrected chi connectivity index (χ2v) is 12.9. The van der Waals surface area contributed by atoms with Crippen LogP contribution in [0.15, 0.2) is 48.7 Å². The number of aryl methyl sites for hydroxylation is 1. The zero-order valence-electron chi connectivity index (χ0n) is 22.4. The molecule has 4 heterocycles. The van der Waals surface area contributed by atoms with Gasteiger partial charge in [0.25, 0.3) is 5.82 Å². The maximum atomic E-state index is 12.3. The number of nitrogens with zero attached hydrogens (tertiary/aromatic N) is 3. The molecule has 0 saturated carbocycles. The van der Waals surface area contributed by atoms with Crippen LogP contribution in [-0.4, -0.2) is 46.1 Å². The van der Waals surface area contributed by atoms with Crippen molar-refractivity contribution in [3.63, 3.8) is 0 Å². The standard InChI is InChI=1S/C25H29N4O2S.CHF3O3S/c1-16-21(17-10-7-6-8-11-17)29-23(26-25(2,3)4)22-19-12-9-13-27(19)15-18(14-20(30)31-5)28(22)24(29)32-16;2-1(3,4)8(5,6)7/h6-13,18,26H,14-15H2,1-5H3;(H,5,6,7)/q+1;/p-1. The molecule has 4 aromatic rings. The second-order valence-electron chi connectivity index (χ2n) is 10.3. The van der Waals surface area contributed by atoms with Gasteiger partial charge >= 0.3 is 16.4 Å². The molecule has 1 atom stereocenters. The van der Waals surface area contributed by atoms with Crippen LogP contribution in [-0.2, 0) is 26.2 Å². The third kappa shape index (κ3) is 5.74. The van der Waals surface area contributed by atoms with Gasteiger partial charge in [-0.1, -0.05) is 41.7 Å². The Morgan fingerprint density at radius 3 is 2.35 bits per heavy atom. The Kier molecular flexibility index (Phi) is 7.82. The highest BCUT2D eigenvalue weighted by Crippen LogP contribution is 2.41. The first-order chi connectivity index (χ1) is 18.5.